The summed E-state index contributed by atoms with van der Waals surface area (Å²) in [6.45, 7) is 8.52. The van der Waals surface area contributed by atoms with Crippen molar-refractivity contribution in [3.8, 4) is 5.75 Å². The summed E-state index contributed by atoms with van der Waals surface area (Å²) in [5.41, 5.74) is 1.26. The molecule has 1 heterocycles. The minimum atomic E-state index is 0.617. The average Bonchev–Trinajstić information content (AvgIpc) is 3.25. The van der Waals surface area contributed by atoms with Crippen molar-refractivity contribution in [1.82, 2.24) is 10.2 Å². The number of rotatable bonds is 5. The molecule has 3 nitrogen and oxygen atoms in total. The molecular formula is C17H26N2O. The maximum atomic E-state index is 5.89. The lowest BCUT2D eigenvalue weighted by Crippen LogP contribution is -2.56. The van der Waals surface area contributed by atoms with Gasteiger partial charge in [0, 0.05) is 31.7 Å². The van der Waals surface area contributed by atoms with Crippen molar-refractivity contribution >= 4 is 0 Å². The van der Waals surface area contributed by atoms with Gasteiger partial charge in [0.25, 0.3) is 0 Å². The van der Waals surface area contributed by atoms with Gasteiger partial charge < -0.3 is 10.1 Å². The van der Waals surface area contributed by atoms with Gasteiger partial charge in [0.1, 0.15) is 12.4 Å². The number of nitrogens with zero attached hydrogens (tertiary/aromatic N) is 1. The van der Waals surface area contributed by atoms with Crippen molar-refractivity contribution in [2.45, 2.75) is 38.8 Å². The Bertz CT molecular complexity index is 444. The zero-order valence-corrected chi connectivity index (χ0v) is 12.6. The predicted octanol–water partition coefficient (Wildman–Crippen LogP) is 2.45. The Morgan fingerprint density at radius 3 is 2.95 bits per heavy atom. The van der Waals surface area contributed by atoms with E-state index < -0.39 is 0 Å². The van der Waals surface area contributed by atoms with Crippen LogP contribution in [0.5, 0.6) is 5.75 Å². The highest BCUT2D eigenvalue weighted by Gasteiger charge is 2.35. The normalized spacial score (nSPS) is 27.5. The monoisotopic (exact) mass is 274 g/mol. The van der Waals surface area contributed by atoms with E-state index in [2.05, 4.69) is 42.3 Å². The molecule has 0 radical (unpaired) electrons. The third-order valence-corrected chi connectivity index (χ3v) is 4.56. The minimum Gasteiger partial charge on any atom is -0.492 e. The molecule has 1 N–H and O–H groups in total. The summed E-state index contributed by atoms with van der Waals surface area (Å²) in [6, 6.07) is 9.64. The van der Waals surface area contributed by atoms with E-state index in [0.717, 1.165) is 31.4 Å². The molecule has 0 bridgehead atoms. The maximum Gasteiger partial charge on any atom is 0.119 e. The van der Waals surface area contributed by atoms with Gasteiger partial charge in [0.2, 0.25) is 0 Å². The van der Waals surface area contributed by atoms with Crippen molar-refractivity contribution in [1.29, 1.82) is 0 Å². The summed E-state index contributed by atoms with van der Waals surface area (Å²) >= 11 is 0. The van der Waals surface area contributed by atoms with Gasteiger partial charge in [-0.15, -0.1) is 0 Å². The molecule has 1 saturated carbocycles. The van der Waals surface area contributed by atoms with E-state index in [1.54, 1.807) is 0 Å². The van der Waals surface area contributed by atoms with Gasteiger partial charge in [0.05, 0.1) is 0 Å². The zero-order chi connectivity index (χ0) is 13.9. The van der Waals surface area contributed by atoms with Crippen LogP contribution in [0.2, 0.25) is 0 Å². The zero-order valence-electron chi connectivity index (χ0n) is 12.6. The molecule has 2 aliphatic rings. The summed E-state index contributed by atoms with van der Waals surface area (Å²) in [5, 5.41) is 3.69. The van der Waals surface area contributed by atoms with Gasteiger partial charge in [0.15, 0.2) is 0 Å². The molecule has 3 heteroatoms. The largest absolute Gasteiger partial charge is 0.492 e. The van der Waals surface area contributed by atoms with Crippen LogP contribution in [0.15, 0.2) is 24.3 Å². The van der Waals surface area contributed by atoms with Crippen molar-refractivity contribution in [2.24, 2.45) is 5.92 Å². The number of nitrogens with one attached hydrogen (secondary N) is 1. The topological polar surface area (TPSA) is 24.5 Å². The lowest BCUT2D eigenvalue weighted by molar-refractivity contribution is 0.112. The van der Waals surface area contributed by atoms with Crippen molar-refractivity contribution < 1.29 is 4.74 Å². The van der Waals surface area contributed by atoms with E-state index in [1.165, 1.54) is 24.9 Å². The summed E-state index contributed by atoms with van der Waals surface area (Å²) in [7, 11) is 0. The van der Waals surface area contributed by atoms with Gasteiger partial charge in [-0.25, -0.2) is 0 Å². The molecule has 3 rings (SSSR count). The highest BCUT2D eigenvalue weighted by Crippen LogP contribution is 2.34. The van der Waals surface area contributed by atoms with Crippen LogP contribution in [0.4, 0.5) is 0 Å². The fourth-order valence-corrected chi connectivity index (χ4v) is 3.06. The van der Waals surface area contributed by atoms with E-state index in [1.807, 2.05) is 6.07 Å². The Hall–Kier alpha value is -1.06. The van der Waals surface area contributed by atoms with Crippen LogP contribution in [-0.2, 0) is 0 Å². The first-order valence-corrected chi connectivity index (χ1v) is 7.89. The molecule has 1 aromatic carbocycles. The van der Waals surface area contributed by atoms with Gasteiger partial charge in [-0.2, -0.15) is 0 Å². The van der Waals surface area contributed by atoms with E-state index in [0.29, 0.717) is 12.1 Å². The number of aryl methyl sites for hydroxylation is 1. The average molecular weight is 274 g/mol. The summed E-state index contributed by atoms with van der Waals surface area (Å²) < 4.78 is 5.89. The second-order valence-electron chi connectivity index (χ2n) is 6.36. The van der Waals surface area contributed by atoms with Crippen LogP contribution in [0.25, 0.3) is 0 Å². The first-order valence-electron chi connectivity index (χ1n) is 7.89. The van der Waals surface area contributed by atoms with E-state index in [-0.39, 0.29) is 0 Å². The summed E-state index contributed by atoms with van der Waals surface area (Å²) in [4.78, 5) is 2.58. The summed E-state index contributed by atoms with van der Waals surface area (Å²) in [5.74, 6) is 1.93. The van der Waals surface area contributed by atoms with E-state index >= 15 is 0 Å². The molecule has 0 spiro atoms. The second-order valence-corrected chi connectivity index (χ2v) is 6.36. The number of ether oxygens (including phenoxy) is 1. The van der Waals surface area contributed by atoms with Crippen molar-refractivity contribution in [3.63, 3.8) is 0 Å². The van der Waals surface area contributed by atoms with E-state index in [9.17, 15) is 0 Å². The molecule has 1 aliphatic carbocycles. The fraction of sp³-hybridized carbons (Fsp3) is 0.647. The second kappa shape index (κ2) is 6.15. The van der Waals surface area contributed by atoms with Crippen LogP contribution < -0.4 is 10.1 Å². The van der Waals surface area contributed by atoms with Crippen molar-refractivity contribution in [2.75, 3.05) is 26.2 Å². The lowest BCUT2D eigenvalue weighted by atomic mass is 10.1. The van der Waals surface area contributed by atoms with E-state index in [4.69, 9.17) is 4.74 Å². The molecule has 2 unspecified atom stereocenters. The minimum absolute atomic E-state index is 0.617. The van der Waals surface area contributed by atoms with Gasteiger partial charge in [-0.1, -0.05) is 12.1 Å². The molecule has 1 saturated heterocycles. The molecule has 20 heavy (non-hydrogen) atoms. The van der Waals surface area contributed by atoms with Crippen LogP contribution >= 0.6 is 0 Å². The number of benzene rings is 1. The third kappa shape index (κ3) is 3.53. The Morgan fingerprint density at radius 1 is 1.35 bits per heavy atom. The van der Waals surface area contributed by atoms with Crippen LogP contribution in [0.1, 0.15) is 25.3 Å². The smallest absolute Gasteiger partial charge is 0.119 e. The highest BCUT2D eigenvalue weighted by molar-refractivity contribution is 5.27. The van der Waals surface area contributed by atoms with Crippen LogP contribution in [-0.4, -0.2) is 43.2 Å². The Balaban J connectivity index is 1.46. The first kappa shape index (κ1) is 13.9. The summed E-state index contributed by atoms with van der Waals surface area (Å²) in [6.07, 6.45) is 2.83. The lowest BCUT2D eigenvalue weighted by Gasteiger charge is -2.38. The first-order chi connectivity index (χ1) is 9.72. The Morgan fingerprint density at radius 2 is 2.20 bits per heavy atom. The third-order valence-electron chi connectivity index (χ3n) is 4.56. The molecule has 1 aromatic rings. The fourth-order valence-electron chi connectivity index (χ4n) is 3.06. The van der Waals surface area contributed by atoms with Crippen LogP contribution in [0, 0.1) is 12.8 Å². The predicted molar refractivity (Wildman–Crippen MR) is 82.2 cm³/mol. The van der Waals surface area contributed by atoms with Crippen molar-refractivity contribution in [3.05, 3.63) is 29.8 Å². The molecular weight excluding hydrogens is 248 g/mol. The Kier molecular flexibility index (Phi) is 4.27. The standard InChI is InChI=1S/C17H26N2O/c1-13-4-3-5-16(10-13)20-9-8-19-12-17(15-6-7-15)18-11-14(19)2/h3-5,10,14-15,17-18H,6-9,11-12H2,1-2H3. The van der Waals surface area contributed by atoms with Gasteiger partial charge >= 0.3 is 0 Å². The molecule has 0 amide bonds. The quantitative estimate of drug-likeness (QED) is 0.892. The van der Waals surface area contributed by atoms with Gasteiger partial charge in [-0.3, -0.25) is 4.90 Å². The SMILES string of the molecule is Cc1cccc(OCCN2CC(C3CC3)NCC2C)c1. The molecule has 2 atom stereocenters. The number of piperazine rings is 1. The Labute approximate surface area is 122 Å². The molecule has 1 aliphatic heterocycles. The molecule has 110 valence electrons. The number of hydrogen-bond donors (Lipinski definition) is 1. The number of hydrogen-bond acceptors (Lipinski definition) is 3. The van der Waals surface area contributed by atoms with Gasteiger partial charge in [-0.05, 0) is 50.3 Å². The molecule has 0 aromatic heterocycles. The van der Waals surface area contributed by atoms with Crippen LogP contribution in [0.3, 0.4) is 0 Å². The highest BCUT2D eigenvalue weighted by atomic mass is 16.5. The molecule has 2 fully saturated rings. The maximum absolute atomic E-state index is 5.89.